The lowest BCUT2D eigenvalue weighted by molar-refractivity contribution is 0.673. The van der Waals surface area contributed by atoms with E-state index in [0.29, 0.717) is 0 Å². The topological polar surface area (TPSA) is 13.1 Å². The van der Waals surface area contributed by atoms with Crippen LogP contribution < -0.4 is 5.46 Å². The molecule has 0 fully saturated rings. The lowest BCUT2D eigenvalue weighted by Crippen LogP contribution is -2.03. The lowest BCUT2D eigenvalue weighted by Gasteiger charge is -2.07. The molecule has 0 atom stereocenters. The predicted octanol–water partition coefficient (Wildman–Crippen LogP) is 5.84. The van der Waals surface area contributed by atoms with Crippen LogP contribution >= 0.6 is 0 Å². The van der Waals surface area contributed by atoms with Crippen LogP contribution in [-0.4, -0.2) is 7.85 Å². The Morgan fingerprint density at radius 2 is 1.19 bits per heavy atom. The van der Waals surface area contributed by atoms with Crippen LogP contribution in [0.1, 0.15) is 0 Å². The van der Waals surface area contributed by atoms with Crippen molar-refractivity contribution in [2.24, 2.45) is 0 Å². The highest BCUT2D eigenvalue weighted by atomic mass is 16.3. The summed E-state index contributed by atoms with van der Waals surface area (Å²) in [5, 5.41) is 9.13. The second kappa shape index (κ2) is 4.89. The Balaban J connectivity index is 1.97. The van der Waals surface area contributed by atoms with Gasteiger partial charge in [-0.3, -0.25) is 0 Å². The normalized spacial score (nSPS) is 12.0. The van der Waals surface area contributed by atoms with Crippen LogP contribution in [0.5, 0.6) is 0 Å². The number of benzene rings is 5. The van der Waals surface area contributed by atoms with Gasteiger partial charge in [-0.1, -0.05) is 78.3 Å². The third-order valence-electron chi connectivity index (χ3n) is 5.37. The van der Waals surface area contributed by atoms with Gasteiger partial charge in [0.25, 0.3) is 0 Å². The minimum absolute atomic E-state index is 0.762. The zero-order valence-corrected chi connectivity index (χ0v) is 14.0. The van der Waals surface area contributed by atoms with Crippen molar-refractivity contribution in [3.8, 4) is 0 Å². The van der Waals surface area contributed by atoms with Crippen molar-refractivity contribution in [3.05, 3.63) is 78.9 Å². The Labute approximate surface area is 151 Å². The van der Waals surface area contributed by atoms with E-state index in [1.54, 1.807) is 0 Å². The number of hydrogen-bond donors (Lipinski definition) is 0. The van der Waals surface area contributed by atoms with Gasteiger partial charge in [-0.05, 0) is 33.0 Å². The molecule has 2 heteroatoms. The summed E-state index contributed by atoms with van der Waals surface area (Å²) in [6.45, 7) is 0. The van der Waals surface area contributed by atoms with Crippen LogP contribution in [0.15, 0.2) is 83.3 Å². The van der Waals surface area contributed by atoms with E-state index in [4.69, 9.17) is 12.3 Å². The van der Waals surface area contributed by atoms with Crippen LogP contribution in [0.25, 0.3) is 54.3 Å². The van der Waals surface area contributed by atoms with E-state index in [1.165, 1.54) is 21.5 Å². The summed E-state index contributed by atoms with van der Waals surface area (Å²) < 4.78 is 6.38. The molecule has 0 aliphatic carbocycles. The average Bonchev–Trinajstić information content (AvgIpc) is 3.08. The van der Waals surface area contributed by atoms with E-state index >= 15 is 0 Å². The van der Waals surface area contributed by atoms with Gasteiger partial charge < -0.3 is 4.42 Å². The quantitative estimate of drug-likeness (QED) is 0.252. The van der Waals surface area contributed by atoms with Crippen molar-refractivity contribution < 1.29 is 4.42 Å². The largest absolute Gasteiger partial charge is 0.455 e. The minimum atomic E-state index is 0.762. The van der Waals surface area contributed by atoms with Crippen LogP contribution in [0.4, 0.5) is 0 Å². The summed E-state index contributed by atoms with van der Waals surface area (Å²) in [7, 11) is 6.51. The Morgan fingerprint density at radius 1 is 0.577 bits per heavy atom. The molecule has 0 aliphatic rings. The fraction of sp³-hybridized carbons (Fsp3) is 0. The van der Waals surface area contributed by atoms with Gasteiger partial charge in [-0.15, -0.1) is 0 Å². The van der Waals surface area contributed by atoms with Crippen LogP contribution in [0, 0.1) is 0 Å². The van der Waals surface area contributed by atoms with E-state index in [1.807, 2.05) is 6.07 Å². The van der Waals surface area contributed by atoms with Gasteiger partial charge in [-0.2, -0.15) is 0 Å². The average molecular weight is 328 g/mol. The summed E-state index contributed by atoms with van der Waals surface area (Å²) in [4.78, 5) is 0. The molecular weight excluding hydrogens is 315 g/mol. The highest BCUT2D eigenvalue weighted by molar-refractivity contribution is 6.46. The first-order valence-electron chi connectivity index (χ1n) is 8.75. The highest BCUT2D eigenvalue weighted by Gasteiger charge is 2.16. The van der Waals surface area contributed by atoms with Crippen molar-refractivity contribution in [1.29, 1.82) is 0 Å². The second-order valence-corrected chi connectivity index (χ2v) is 6.82. The molecule has 0 unspecified atom stereocenters. The molecule has 0 amide bonds. The van der Waals surface area contributed by atoms with Crippen molar-refractivity contribution in [1.82, 2.24) is 0 Å². The highest BCUT2D eigenvalue weighted by Crippen LogP contribution is 2.39. The molecular formula is C24H13BO. The zero-order valence-electron chi connectivity index (χ0n) is 14.0. The number of furan rings is 1. The predicted molar refractivity (Wildman–Crippen MR) is 112 cm³/mol. The molecule has 0 aliphatic heterocycles. The monoisotopic (exact) mass is 328 g/mol. The molecule has 0 bridgehead atoms. The molecule has 0 N–H and O–H groups in total. The number of hydrogen-bond acceptors (Lipinski definition) is 1. The van der Waals surface area contributed by atoms with Gasteiger partial charge in [-0.25, -0.2) is 0 Å². The van der Waals surface area contributed by atoms with Gasteiger partial charge in [0, 0.05) is 16.2 Å². The molecule has 118 valence electrons. The molecule has 0 saturated carbocycles. The molecule has 6 rings (SSSR count). The van der Waals surface area contributed by atoms with Crippen molar-refractivity contribution in [2.75, 3.05) is 0 Å². The van der Waals surface area contributed by atoms with Crippen molar-refractivity contribution in [3.63, 3.8) is 0 Å². The Kier molecular flexibility index (Phi) is 2.63. The molecule has 0 saturated heterocycles. The molecule has 1 heterocycles. The van der Waals surface area contributed by atoms with Gasteiger partial charge in [0.2, 0.25) is 0 Å². The first kappa shape index (κ1) is 14.0. The molecule has 26 heavy (non-hydrogen) atoms. The molecule has 1 nitrogen and oxygen atoms in total. The van der Waals surface area contributed by atoms with Crippen LogP contribution in [0.2, 0.25) is 0 Å². The van der Waals surface area contributed by atoms with Gasteiger partial charge in [0.1, 0.15) is 19.0 Å². The Hall–Kier alpha value is -3.26. The Morgan fingerprint density at radius 3 is 1.96 bits per heavy atom. The third kappa shape index (κ3) is 1.71. The fourth-order valence-electron chi connectivity index (χ4n) is 4.22. The van der Waals surface area contributed by atoms with Crippen LogP contribution in [0.3, 0.4) is 0 Å². The van der Waals surface area contributed by atoms with Gasteiger partial charge in [0.05, 0.1) is 0 Å². The molecule has 6 aromatic rings. The zero-order chi connectivity index (χ0) is 17.3. The van der Waals surface area contributed by atoms with E-state index < -0.39 is 0 Å². The second-order valence-electron chi connectivity index (χ2n) is 6.82. The van der Waals surface area contributed by atoms with E-state index in [-0.39, 0.29) is 0 Å². The molecule has 1 aromatic heterocycles. The maximum atomic E-state index is 6.51. The summed E-state index contributed by atoms with van der Waals surface area (Å²) in [6, 6.07) is 27.3. The summed E-state index contributed by atoms with van der Waals surface area (Å²) in [6.07, 6.45) is 0. The first-order chi connectivity index (χ1) is 12.8. The van der Waals surface area contributed by atoms with Gasteiger partial charge >= 0.3 is 0 Å². The fourth-order valence-corrected chi connectivity index (χ4v) is 4.22. The first-order valence-corrected chi connectivity index (χ1v) is 8.75. The summed E-state index contributed by atoms with van der Waals surface area (Å²) in [5.41, 5.74) is 2.52. The number of rotatable bonds is 0. The summed E-state index contributed by atoms with van der Waals surface area (Å²) >= 11 is 0. The van der Waals surface area contributed by atoms with E-state index in [0.717, 1.165) is 38.2 Å². The molecule has 0 spiro atoms. The van der Waals surface area contributed by atoms with Crippen molar-refractivity contribution >= 4 is 67.6 Å². The third-order valence-corrected chi connectivity index (χ3v) is 5.37. The smallest absolute Gasteiger partial charge is 0.143 e. The Bertz CT molecular complexity index is 1490. The maximum absolute atomic E-state index is 6.51. The lowest BCUT2D eigenvalue weighted by atomic mass is 9.86. The maximum Gasteiger partial charge on any atom is 0.143 e. The standard InChI is InChI=1S/C24H13BO/c25-19-13-16-10-9-14-5-1-3-7-17(14)21(16)24-23(19)22-18-8-4-2-6-15(18)11-12-20(22)26-24/h1-13H. The number of fused-ring (bicyclic) bond motifs is 9. The minimum Gasteiger partial charge on any atom is -0.455 e. The van der Waals surface area contributed by atoms with Gasteiger partial charge in [0.15, 0.2) is 0 Å². The summed E-state index contributed by atoms with van der Waals surface area (Å²) in [5.74, 6) is 0. The van der Waals surface area contributed by atoms with E-state index in [9.17, 15) is 0 Å². The molecule has 5 aromatic carbocycles. The van der Waals surface area contributed by atoms with E-state index in [2.05, 4.69) is 72.8 Å². The molecule has 2 radical (unpaired) electrons. The SMILES string of the molecule is [B]c1cc2ccc3ccccc3c2c2oc3ccc4ccccc4c3c12. The van der Waals surface area contributed by atoms with Crippen LogP contribution in [-0.2, 0) is 0 Å². The van der Waals surface area contributed by atoms with Crippen molar-refractivity contribution in [2.45, 2.75) is 0 Å².